The number of rotatable bonds is 3. The molecule has 0 amide bonds. The van der Waals surface area contributed by atoms with E-state index in [1.165, 1.54) is 24.3 Å². The van der Waals surface area contributed by atoms with Crippen LogP contribution in [0.2, 0.25) is 0 Å². The summed E-state index contributed by atoms with van der Waals surface area (Å²) in [4.78, 5) is 12.7. The van der Waals surface area contributed by atoms with E-state index in [-0.39, 0.29) is 5.56 Å². The Morgan fingerprint density at radius 1 is 1.50 bits per heavy atom. The summed E-state index contributed by atoms with van der Waals surface area (Å²) in [6.07, 6.45) is 0. The topological polar surface area (TPSA) is 86.1 Å². The van der Waals surface area contributed by atoms with Crippen LogP contribution in [0.5, 0.6) is 0 Å². The molecule has 72 valence electrons. The van der Waals surface area contributed by atoms with Gasteiger partial charge in [-0.15, -0.1) is 0 Å². The number of nitrogens with zero attached hydrogens (tertiary/aromatic N) is 3. The van der Waals surface area contributed by atoms with Crippen molar-refractivity contribution >= 4 is 5.97 Å². The molecule has 0 bridgehead atoms. The van der Waals surface area contributed by atoms with E-state index < -0.39 is 11.8 Å². The predicted molar refractivity (Wildman–Crippen MR) is 46.0 cm³/mol. The predicted octanol–water partition coefficient (Wildman–Crippen LogP) is 2.20. The Bertz CT molecular complexity index is 385. The molecule has 0 aliphatic rings. The van der Waals surface area contributed by atoms with Crippen molar-refractivity contribution in [1.82, 2.24) is 0 Å². The number of alkyl halides is 1. The monoisotopic (exact) mass is 195 g/mol. The van der Waals surface area contributed by atoms with Gasteiger partial charge in [-0.05, 0) is 10.6 Å². The molecule has 0 fully saturated rings. The number of carbonyl (C=O) groups is 1. The number of carboxylic acid groups (broad SMARTS) is 1. The van der Waals surface area contributed by atoms with Crippen molar-refractivity contribution in [2.75, 3.05) is 0 Å². The minimum atomic E-state index is -3.03. The molecule has 1 aromatic carbocycles. The summed E-state index contributed by atoms with van der Waals surface area (Å²) in [6, 6.07) is 6.99. The van der Waals surface area contributed by atoms with Crippen molar-refractivity contribution in [2.24, 2.45) is 5.11 Å². The lowest BCUT2D eigenvalue weighted by atomic mass is 10.1. The van der Waals surface area contributed by atoms with Gasteiger partial charge in [0.1, 0.15) is 0 Å². The molecule has 5 nitrogen and oxygen atoms in total. The quantitative estimate of drug-likeness (QED) is 0.347. The van der Waals surface area contributed by atoms with Crippen molar-refractivity contribution in [2.45, 2.75) is 5.79 Å². The molecule has 1 N–H and O–H groups in total. The fraction of sp³-hybridized carbons (Fsp3) is 0.125. The fourth-order valence-corrected chi connectivity index (χ4v) is 0.945. The number of halogens is 1. The molecule has 0 aliphatic heterocycles. The highest BCUT2D eigenvalue weighted by atomic mass is 19.1. The van der Waals surface area contributed by atoms with E-state index in [0.29, 0.717) is 0 Å². The minimum absolute atomic E-state index is 0.203. The Balaban J connectivity index is 3.26. The van der Waals surface area contributed by atoms with E-state index in [2.05, 4.69) is 10.0 Å². The lowest BCUT2D eigenvalue weighted by Crippen LogP contribution is -2.27. The summed E-state index contributed by atoms with van der Waals surface area (Å²) < 4.78 is 13.6. The lowest BCUT2D eigenvalue weighted by Gasteiger charge is -2.13. The third-order valence-corrected chi connectivity index (χ3v) is 1.62. The Hall–Kier alpha value is -2.07. The molecule has 0 aromatic heterocycles. The van der Waals surface area contributed by atoms with E-state index in [9.17, 15) is 9.18 Å². The molecule has 0 saturated heterocycles. The standard InChI is InChI=1S/C8H6FN3O2/c9-8(7(13)14,11-12-10)6-4-2-1-3-5-6/h1-5H,(H,13,14). The summed E-state index contributed by atoms with van der Waals surface area (Å²) >= 11 is 0. The highest BCUT2D eigenvalue weighted by Crippen LogP contribution is 2.27. The van der Waals surface area contributed by atoms with Gasteiger partial charge in [-0.3, -0.25) is 0 Å². The zero-order chi connectivity index (χ0) is 10.6. The van der Waals surface area contributed by atoms with Gasteiger partial charge in [0.15, 0.2) is 0 Å². The van der Waals surface area contributed by atoms with Crippen LogP contribution in [-0.4, -0.2) is 11.1 Å². The molecule has 1 rings (SSSR count). The molecule has 0 saturated carbocycles. The third kappa shape index (κ3) is 1.65. The van der Waals surface area contributed by atoms with Gasteiger partial charge in [0, 0.05) is 10.5 Å². The summed E-state index contributed by atoms with van der Waals surface area (Å²) in [5, 5.41) is 11.2. The second-order valence-electron chi connectivity index (χ2n) is 2.48. The maximum absolute atomic E-state index is 13.6. The van der Waals surface area contributed by atoms with E-state index in [4.69, 9.17) is 10.6 Å². The van der Waals surface area contributed by atoms with Crippen molar-refractivity contribution < 1.29 is 14.3 Å². The molecule has 0 heterocycles. The van der Waals surface area contributed by atoms with Crippen LogP contribution in [0, 0.1) is 0 Å². The fourth-order valence-electron chi connectivity index (χ4n) is 0.945. The molecule has 0 aliphatic carbocycles. The summed E-state index contributed by atoms with van der Waals surface area (Å²) in [6.45, 7) is 0. The van der Waals surface area contributed by atoms with Crippen LogP contribution in [-0.2, 0) is 10.6 Å². The number of hydrogen-bond acceptors (Lipinski definition) is 2. The molecule has 0 radical (unpaired) electrons. The van der Waals surface area contributed by atoms with Crippen molar-refractivity contribution in [3.63, 3.8) is 0 Å². The third-order valence-electron chi connectivity index (χ3n) is 1.62. The van der Waals surface area contributed by atoms with Gasteiger partial charge in [0.05, 0.1) is 0 Å². The summed E-state index contributed by atoms with van der Waals surface area (Å²) in [5.41, 5.74) is 7.86. The molecule has 14 heavy (non-hydrogen) atoms. The molecule has 1 unspecified atom stereocenters. The molecule has 1 aromatic rings. The first kappa shape index (κ1) is 10.0. The smallest absolute Gasteiger partial charge is 0.352 e. The van der Waals surface area contributed by atoms with E-state index in [0.717, 1.165) is 0 Å². The normalized spacial score (nSPS) is 13.8. The average molecular weight is 195 g/mol. The summed E-state index contributed by atoms with van der Waals surface area (Å²) in [5.74, 6) is -4.86. The second kappa shape index (κ2) is 3.76. The zero-order valence-corrected chi connectivity index (χ0v) is 6.96. The van der Waals surface area contributed by atoms with Gasteiger partial charge in [-0.1, -0.05) is 30.3 Å². The Labute approximate surface area is 78.4 Å². The van der Waals surface area contributed by atoms with Crippen molar-refractivity contribution in [3.8, 4) is 0 Å². The van der Waals surface area contributed by atoms with Crippen LogP contribution in [0.1, 0.15) is 5.56 Å². The van der Waals surface area contributed by atoms with Gasteiger partial charge in [0.25, 0.3) is 0 Å². The van der Waals surface area contributed by atoms with Crippen molar-refractivity contribution in [1.29, 1.82) is 0 Å². The van der Waals surface area contributed by atoms with Gasteiger partial charge < -0.3 is 5.11 Å². The maximum atomic E-state index is 13.6. The average Bonchev–Trinajstić information content (AvgIpc) is 2.19. The Morgan fingerprint density at radius 3 is 2.50 bits per heavy atom. The number of azide groups is 1. The Kier molecular flexibility index (Phi) is 2.69. The van der Waals surface area contributed by atoms with E-state index >= 15 is 0 Å². The largest absolute Gasteiger partial charge is 0.479 e. The van der Waals surface area contributed by atoms with Crippen LogP contribution >= 0.6 is 0 Å². The van der Waals surface area contributed by atoms with Crippen LogP contribution in [0.4, 0.5) is 4.39 Å². The van der Waals surface area contributed by atoms with Gasteiger partial charge in [-0.25, -0.2) is 9.18 Å². The molecular formula is C8H6FN3O2. The van der Waals surface area contributed by atoms with E-state index in [1.54, 1.807) is 6.07 Å². The number of carboxylic acids is 1. The minimum Gasteiger partial charge on any atom is -0.479 e. The first-order valence-electron chi connectivity index (χ1n) is 3.65. The Morgan fingerprint density at radius 2 is 2.07 bits per heavy atom. The highest BCUT2D eigenvalue weighted by molar-refractivity contribution is 5.78. The van der Waals surface area contributed by atoms with Gasteiger partial charge >= 0.3 is 11.8 Å². The van der Waals surface area contributed by atoms with Crippen LogP contribution in [0.25, 0.3) is 10.4 Å². The molecule has 6 heteroatoms. The number of benzene rings is 1. The first-order chi connectivity index (χ1) is 6.61. The van der Waals surface area contributed by atoms with Gasteiger partial charge in [-0.2, -0.15) is 0 Å². The lowest BCUT2D eigenvalue weighted by molar-refractivity contribution is -0.151. The molecule has 1 atom stereocenters. The maximum Gasteiger partial charge on any atom is 0.352 e. The zero-order valence-electron chi connectivity index (χ0n) is 6.96. The van der Waals surface area contributed by atoms with Crippen LogP contribution < -0.4 is 0 Å². The number of aliphatic carboxylic acids is 1. The number of hydrogen-bond donors (Lipinski definition) is 1. The van der Waals surface area contributed by atoms with Crippen molar-refractivity contribution in [3.05, 3.63) is 46.3 Å². The molecule has 0 spiro atoms. The highest BCUT2D eigenvalue weighted by Gasteiger charge is 2.39. The summed E-state index contributed by atoms with van der Waals surface area (Å²) in [7, 11) is 0. The van der Waals surface area contributed by atoms with Crippen LogP contribution in [0.3, 0.4) is 0 Å². The van der Waals surface area contributed by atoms with Crippen LogP contribution in [0.15, 0.2) is 35.4 Å². The second-order valence-corrected chi connectivity index (χ2v) is 2.48. The van der Waals surface area contributed by atoms with Gasteiger partial charge in [0.2, 0.25) is 0 Å². The van der Waals surface area contributed by atoms with E-state index in [1.807, 2.05) is 0 Å². The first-order valence-corrected chi connectivity index (χ1v) is 3.65. The molecular weight excluding hydrogens is 189 g/mol. The SMILES string of the molecule is [N-]=[N+]=NC(F)(C(=O)O)c1ccccc1.